The summed E-state index contributed by atoms with van der Waals surface area (Å²) in [7, 11) is 1.46. The van der Waals surface area contributed by atoms with Crippen LogP contribution in [-0.2, 0) is 9.53 Å². The van der Waals surface area contributed by atoms with Crippen molar-refractivity contribution < 1.29 is 23.9 Å². The lowest BCUT2D eigenvalue weighted by Crippen LogP contribution is -2.14. The van der Waals surface area contributed by atoms with Crippen molar-refractivity contribution in [1.82, 2.24) is 0 Å². The summed E-state index contributed by atoms with van der Waals surface area (Å²) in [6.07, 6.45) is 0.0254. The number of ketones is 1. The molecule has 0 bridgehead atoms. The van der Waals surface area contributed by atoms with Crippen LogP contribution in [0.4, 0.5) is 5.69 Å². The first-order chi connectivity index (χ1) is 12.9. The van der Waals surface area contributed by atoms with Gasteiger partial charge in [-0.15, -0.1) is 0 Å². The Balaban J connectivity index is 1.92. The summed E-state index contributed by atoms with van der Waals surface area (Å²) in [4.78, 5) is 36.0. The molecule has 7 heteroatoms. The number of esters is 1. The number of Topliss-reactive ketones (excluding diaryl/α,β-unsaturated/α-hetero) is 1. The van der Waals surface area contributed by atoms with Crippen LogP contribution in [0, 0.1) is 0 Å². The molecular formula is C20H20ClNO5. The largest absolute Gasteiger partial charge is 0.496 e. The Labute approximate surface area is 162 Å². The summed E-state index contributed by atoms with van der Waals surface area (Å²) in [5, 5.41) is 3.11. The summed E-state index contributed by atoms with van der Waals surface area (Å²) in [5.74, 6) is -0.550. The summed E-state index contributed by atoms with van der Waals surface area (Å²) in [6, 6.07) is 11.1. The summed E-state index contributed by atoms with van der Waals surface area (Å²) >= 11 is 5.92. The van der Waals surface area contributed by atoms with Gasteiger partial charge in [0.25, 0.3) is 0 Å². The van der Waals surface area contributed by atoms with E-state index < -0.39 is 5.97 Å². The van der Waals surface area contributed by atoms with Crippen molar-refractivity contribution in [3.05, 3.63) is 58.6 Å². The monoisotopic (exact) mass is 389 g/mol. The minimum Gasteiger partial charge on any atom is -0.496 e. The molecule has 0 radical (unpaired) electrons. The van der Waals surface area contributed by atoms with Crippen molar-refractivity contribution in [3.8, 4) is 5.75 Å². The third kappa shape index (κ3) is 5.82. The quantitative estimate of drug-likeness (QED) is 0.542. The Kier molecular flexibility index (Phi) is 7.37. The molecule has 0 aliphatic rings. The fraction of sp³-hybridized carbons (Fsp3) is 0.250. The Hall–Kier alpha value is -2.86. The smallest absolute Gasteiger partial charge is 0.338 e. The van der Waals surface area contributed by atoms with Crippen molar-refractivity contribution in [1.29, 1.82) is 0 Å². The van der Waals surface area contributed by atoms with Gasteiger partial charge in [0.15, 0.2) is 5.78 Å². The zero-order valence-corrected chi connectivity index (χ0v) is 15.8. The third-order valence-corrected chi connectivity index (χ3v) is 3.96. The van der Waals surface area contributed by atoms with Gasteiger partial charge in [0.2, 0.25) is 5.91 Å². The molecule has 6 nitrogen and oxygen atoms in total. The van der Waals surface area contributed by atoms with Gasteiger partial charge in [0.05, 0.1) is 24.8 Å². The third-order valence-electron chi connectivity index (χ3n) is 3.72. The molecule has 1 amide bonds. The minimum absolute atomic E-state index is 0.00806. The van der Waals surface area contributed by atoms with Crippen molar-refractivity contribution >= 4 is 34.9 Å². The van der Waals surface area contributed by atoms with Crippen molar-refractivity contribution in [2.75, 3.05) is 19.0 Å². The predicted octanol–water partition coefficient (Wildman–Crippen LogP) is 4.13. The lowest BCUT2D eigenvalue weighted by Gasteiger charge is -2.09. The van der Waals surface area contributed by atoms with Gasteiger partial charge in [-0.3, -0.25) is 9.59 Å². The van der Waals surface area contributed by atoms with Crippen LogP contribution in [0.15, 0.2) is 42.5 Å². The van der Waals surface area contributed by atoms with Gasteiger partial charge in [-0.2, -0.15) is 0 Å². The van der Waals surface area contributed by atoms with Crippen molar-refractivity contribution in [2.24, 2.45) is 0 Å². The van der Waals surface area contributed by atoms with E-state index in [1.54, 1.807) is 43.3 Å². The number of nitrogens with one attached hydrogen (secondary N) is 1. The van der Waals surface area contributed by atoms with Crippen LogP contribution in [0.3, 0.4) is 0 Å². The molecule has 0 atom stereocenters. The fourth-order valence-electron chi connectivity index (χ4n) is 2.39. The second kappa shape index (κ2) is 9.73. The topological polar surface area (TPSA) is 81.7 Å². The number of methoxy groups -OCH3 is 1. The molecular weight excluding hydrogens is 370 g/mol. The molecule has 0 heterocycles. The van der Waals surface area contributed by atoms with E-state index >= 15 is 0 Å². The summed E-state index contributed by atoms with van der Waals surface area (Å²) in [5.41, 5.74) is 1.27. The van der Waals surface area contributed by atoms with Crippen LogP contribution in [0.5, 0.6) is 5.75 Å². The predicted molar refractivity (Wildman–Crippen MR) is 103 cm³/mol. The number of ether oxygens (including phenoxy) is 2. The first-order valence-electron chi connectivity index (χ1n) is 8.38. The van der Waals surface area contributed by atoms with E-state index in [-0.39, 0.29) is 24.5 Å². The average Bonchev–Trinajstić information content (AvgIpc) is 2.66. The number of carbonyl (C=O) groups excluding carboxylic acids is 3. The molecule has 0 aliphatic carbocycles. The number of benzene rings is 2. The first-order valence-corrected chi connectivity index (χ1v) is 8.76. The Bertz CT molecular complexity index is 833. The van der Waals surface area contributed by atoms with E-state index in [9.17, 15) is 14.4 Å². The van der Waals surface area contributed by atoms with Gasteiger partial charge in [-0.25, -0.2) is 4.79 Å². The highest BCUT2D eigenvalue weighted by Crippen LogP contribution is 2.24. The van der Waals surface area contributed by atoms with E-state index in [1.807, 2.05) is 0 Å². The van der Waals surface area contributed by atoms with Gasteiger partial charge < -0.3 is 14.8 Å². The first kappa shape index (κ1) is 20.5. The number of hydrogen-bond donors (Lipinski definition) is 1. The molecule has 0 saturated heterocycles. The maximum absolute atomic E-state index is 12.3. The molecule has 1 N–H and O–H groups in total. The number of hydrogen-bond acceptors (Lipinski definition) is 5. The molecule has 142 valence electrons. The summed E-state index contributed by atoms with van der Waals surface area (Å²) < 4.78 is 10.1. The van der Waals surface area contributed by atoms with Gasteiger partial charge in [-0.05, 0) is 49.4 Å². The van der Waals surface area contributed by atoms with Crippen molar-refractivity contribution in [2.45, 2.75) is 19.8 Å². The Morgan fingerprint density at radius 3 is 2.37 bits per heavy atom. The van der Waals surface area contributed by atoms with E-state index in [1.165, 1.54) is 13.2 Å². The van der Waals surface area contributed by atoms with Crippen LogP contribution < -0.4 is 10.1 Å². The number of anilines is 1. The number of halogens is 1. The van der Waals surface area contributed by atoms with Crippen LogP contribution in [0.1, 0.15) is 40.5 Å². The number of rotatable bonds is 8. The zero-order chi connectivity index (χ0) is 19.8. The molecule has 0 unspecified atom stereocenters. The van der Waals surface area contributed by atoms with Gasteiger partial charge in [-0.1, -0.05) is 11.6 Å². The zero-order valence-electron chi connectivity index (χ0n) is 15.1. The lowest BCUT2D eigenvalue weighted by atomic mass is 10.1. The minimum atomic E-state index is -0.420. The molecule has 2 aromatic rings. The number of amides is 1. The maximum Gasteiger partial charge on any atom is 0.338 e. The summed E-state index contributed by atoms with van der Waals surface area (Å²) in [6.45, 7) is 2.02. The molecule has 2 aromatic carbocycles. The molecule has 27 heavy (non-hydrogen) atoms. The Morgan fingerprint density at radius 1 is 1.04 bits per heavy atom. The van der Waals surface area contributed by atoms with Crippen molar-refractivity contribution in [3.63, 3.8) is 0 Å². The Morgan fingerprint density at radius 2 is 1.74 bits per heavy atom. The highest BCUT2D eigenvalue weighted by atomic mass is 35.5. The van der Waals surface area contributed by atoms with Crippen LogP contribution in [0.2, 0.25) is 5.02 Å². The lowest BCUT2D eigenvalue weighted by molar-refractivity contribution is -0.116. The van der Waals surface area contributed by atoms with Gasteiger partial charge in [0, 0.05) is 23.6 Å². The fourth-order valence-corrected chi connectivity index (χ4v) is 2.56. The van der Waals surface area contributed by atoms with Crippen LogP contribution >= 0.6 is 11.6 Å². The SMILES string of the molecule is CCOC(=O)c1ccc(NC(=O)CCC(=O)c2cc(Cl)ccc2OC)cc1. The second-order valence-electron chi connectivity index (χ2n) is 5.61. The molecule has 2 rings (SSSR count). The van der Waals surface area contributed by atoms with E-state index in [0.717, 1.165) is 0 Å². The van der Waals surface area contributed by atoms with E-state index in [0.29, 0.717) is 34.2 Å². The average molecular weight is 390 g/mol. The van der Waals surface area contributed by atoms with Gasteiger partial charge in [0.1, 0.15) is 5.75 Å². The molecule has 0 aliphatic heterocycles. The van der Waals surface area contributed by atoms with Crippen LogP contribution in [-0.4, -0.2) is 31.4 Å². The molecule has 0 aromatic heterocycles. The van der Waals surface area contributed by atoms with E-state index in [2.05, 4.69) is 5.32 Å². The highest BCUT2D eigenvalue weighted by Gasteiger charge is 2.15. The highest BCUT2D eigenvalue weighted by molar-refractivity contribution is 6.31. The molecule has 0 saturated carbocycles. The second-order valence-corrected chi connectivity index (χ2v) is 6.05. The number of carbonyl (C=O) groups is 3. The molecule has 0 spiro atoms. The normalized spacial score (nSPS) is 10.2. The standard InChI is InChI=1S/C20H20ClNO5/c1-3-27-20(25)13-4-7-15(8-5-13)22-19(24)11-9-17(23)16-12-14(21)6-10-18(16)26-2/h4-8,10,12H,3,9,11H2,1-2H3,(H,22,24). The van der Waals surface area contributed by atoms with E-state index in [4.69, 9.17) is 21.1 Å². The van der Waals surface area contributed by atoms with Gasteiger partial charge >= 0.3 is 5.97 Å². The molecule has 0 fully saturated rings. The maximum atomic E-state index is 12.3. The van der Waals surface area contributed by atoms with Crippen LogP contribution in [0.25, 0.3) is 0 Å².